The molecule has 0 spiro atoms. The zero-order valence-corrected chi connectivity index (χ0v) is 27.1. The Morgan fingerprint density at radius 1 is 1.19 bits per heavy atom. The van der Waals surface area contributed by atoms with Gasteiger partial charge in [0.2, 0.25) is 5.88 Å². The number of fused-ring (bicyclic) bond motifs is 7. The molecule has 7 heterocycles. The summed E-state index contributed by atoms with van der Waals surface area (Å²) in [5.41, 5.74) is 2.09. The molecule has 0 radical (unpaired) electrons. The normalized spacial score (nSPS) is 27.6. The third-order valence-corrected chi connectivity index (χ3v) is 11.5. The molecule has 0 amide bonds. The molecular formula is C37H40F2N6O3. The van der Waals surface area contributed by atoms with E-state index in [-0.39, 0.29) is 46.5 Å². The van der Waals surface area contributed by atoms with Crippen LogP contribution in [0.25, 0.3) is 38.5 Å². The van der Waals surface area contributed by atoms with Crippen molar-refractivity contribution in [1.29, 1.82) is 0 Å². The zero-order chi connectivity index (χ0) is 32.7. The van der Waals surface area contributed by atoms with Gasteiger partial charge in [-0.05, 0) is 79.1 Å². The molecule has 2 N–H and O–H groups in total. The Labute approximate surface area is 278 Å². The van der Waals surface area contributed by atoms with Crippen LogP contribution in [-0.4, -0.2) is 87.6 Å². The van der Waals surface area contributed by atoms with Gasteiger partial charge in [-0.15, -0.1) is 0 Å². The summed E-state index contributed by atoms with van der Waals surface area (Å²) in [6.07, 6.45) is 5.12. The summed E-state index contributed by atoms with van der Waals surface area (Å²) in [6, 6.07) is 9.55. The van der Waals surface area contributed by atoms with Crippen LogP contribution in [0.4, 0.5) is 14.6 Å². The van der Waals surface area contributed by atoms with Crippen molar-refractivity contribution in [2.24, 2.45) is 0 Å². The van der Waals surface area contributed by atoms with E-state index in [1.165, 1.54) is 0 Å². The number of anilines is 1. The smallest absolute Gasteiger partial charge is 0.319 e. The third kappa shape index (κ3) is 4.64. The lowest BCUT2D eigenvalue weighted by Gasteiger charge is -2.40. The van der Waals surface area contributed by atoms with Gasteiger partial charge in [0, 0.05) is 42.7 Å². The van der Waals surface area contributed by atoms with Crippen LogP contribution >= 0.6 is 0 Å². The Morgan fingerprint density at radius 2 is 2.08 bits per heavy atom. The number of aromatic hydroxyl groups is 1. The quantitative estimate of drug-likeness (QED) is 0.243. The molecule has 0 aliphatic carbocycles. The average molecular weight is 655 g/mol. The lowest BCUT2D eigenvalue weighted by molar-refractivity contribution is 0.146. The predicted octanol–water partition coefficient (Wildman–Crippen LogP) is 6.16. The van der Waals surface area contributed by atoms with Crippen LogP contribution in [0, 0.1) is 5.82 Å². The van der Waals surface area contributed by atoms with Crippen molar-refractivity contribution in [1.82, 2.24) is 25.2 Å². The van der Waals surface area contributed by atoms with Crippen molar-refractivity contribution in [2.45, 2.75) is 81.7 Å². The second-order valence-corrected chi connectivity index (χ2v) is 14.2. The number of nitrogens with one attached hydrogen (secondary N) is 1. The monoisotopic (exact) mass is 654 g/mol. The molecule has 2 bridgehead atoms. The molecule has 2 aromatic heterocycles. The molecule has 5 aliphatic rings. The lowest BCUT2D eigenvalue weighted by atomic mass is 9.90. The zero-order valence-electron chi connectivity index (χ0n) is 27.1. The van der Waals surface area contributed by atoms with Gasteiger partial charge in [0.1, 0.15) is 40.9 Å². The maximum absolute atomic E-state index is 17.2. The van der Waals surface area contributed by atoms with Crippen LogP contribution < -0.4 is 19.7 Å². The summed E-state index contributed by atoms with van der Waals surface area (Å²) in [7, 11) is 0. The third-order valence-electron chi connectivity index (χ3n) is 11.5. The SMILES string of the molecule is C=C(CC)c1cccc2cc(O)cc(-c3nc4c5c(nc(OCC[C@]67CCCN6C[C@@H](F)C7)nc5c3F)N3C[C@@H]5CC[C@@H](N5)[C@@H]3CO4)c12. The highest BCUT2D eigenvalue weighted by Gasteiger charge is 2.48. The number of halogens is 2. The van der Waals surface area contributed by atoms with Gasteiger partial charge in [0.15, 0.2) is 5.82 Å². The number of phenolic OH excluding ortho intramolecular Hbond substituents is 1. The van der Waals surface area contributed by atoms with Gasteiger partial charge in [-0.25, -0.2) is 13.8 Å². The van der Waals surface area contributed by atoms with Crippen molar-refractivity contribution in [3.05, 3.63) is 48.3 Å². The van der Waals surface area contributed by atoms with Crippen LogP contribution in [-0.2, 0) is 0 Å². The van der Waals surface area contributed by atoms with E-state index in [0.29, 0.717) is 68.4 Å². The van der Waals surface area contributed by atoms with Gasteiger partial charge >= 0.3 is 6.01 Å². The number of rotatable bonds is 7. The maximum atomic E-state index is 17.2. The molecule has 5 atom stereocenters. The second kappa shape index (κ2) is 11.2. The molecule has 9 rings (SSSR count). The summed E-state index contributed by atoms with van der Waals surface area (Å²) in [5, 5.41) is 16.5. The number of hydrogen-bond donors (Lipinski definition) is 2. The molecule has 4 aromatic rings. The lowest BCUT2D eigenvalue weighted by Crippen LogP contribution is -2.60. The summed E-state index contributed by atoms with van der Waals surface area (Å²) < 4.78 is 44.4. The van der Waals surface area contributed by atoms with E-state index in [2.05, 4.69) is 21.7 Å². The fourth-order valence-corrected chi connectivity index (χ4v) is 9.19. The largest absolute Gasteiger partial charge is 0.508 e. The van der Waals surface area contributed by atoms with E-state index in [9.17, 15) is 9.50 Å². The standard InChI is InChI=1S/C37H40F2N6O3/c1-3-20(2)25-7-4-6-21-14-24(46)15-26(29(21)25)32-31(39)33-30-34(45-18-23-8-9-27(40-23)28(45)19-48-35(30)41-32)43-36(42-33)47-13-11-37-10-5-12-44(37)17-22(38)16-37/h4,6-7,14-15,22-23,27-28,40,46H,2-3,5,8-13,16-19H2,1H3/t22-,23-,27+,28-,37-/m0/s1. The minimum absolute atomic E-state index is 0.000709. The molecule has 0 saturated carbocycles. The number of phenols is 1. The van der Waals surface area contributed by atoms with Crippen LogP contribution in [0.2, 0.25) is 0 Å². The number of benzene rings is 2. The van der Waals surface area contributed by atoms with Crippen molar-refractivity contribution >= 4 is 33.1 Å². The summed E-state index contributed by atoms with van der Waals surface area (Å²) in [4.78, 5) is 19.0. The van der Waals surface area contributed by atoms with E-state index in [1.54, 1.807) is 12.1 Å². The maximum Gasteiger partial charge on any atom is 0.319 e. The summed E-state index contributed by atoms with van der Waals surface area (Å²) in [5.74, 6) is 0.189. The minimum atomic E-state index is -0.822. The molecule has 250 valence electrons. The van der Waals surface area contributed by atoms with E-state index in [1.807, 2.05) is 25.1 Å². The van der Waals surface area contributed by atoms with Gasteiger partial charge in [-0.1, -0.05) is 31.7 Å². The molecule has 4 saturated heterocycles. The predicted molar refractivity (Wildman–Crippen MR) is 181 cm³/mol. The van der Waals surface area contributed by atoms with Crippen molar-refractivity contribution in [3.8, 4) is 28.9 Å². The van der Waals surface area contributed by atoms with Crippen LogP contribution in [0.3, 0.4) is 0 Å². The number of aromatic nitrogens is 3. The van der Waals surface area contributed by atoms with Gasteiger partial charge in [0.25, 0.3) is 0 Å². The number of allylic oxidation sites excluding steroid dienone is 1. The minimum Gasteiger partial charge on any atom is -0.508 e. The van der Waals surface area contributed by atoms with Crippen molar-refractivity contribution < 1.29 is 23.4 Å². The Kier molecular flexibility index (Phi) is 7.02. The van der Waals surface area contributed by atoms with Crippen LogP contribution in [0.5, 0.6) is 17.6 Å². The topological polar surface area (TPSA) is 95.9 Å². The molecule has 11 heteroatoms. The first kappa shape index (κ1) is 30.0. The van der Waals surface area contributed by atoms with Crippen LogP contribution in [0.15, 0.2) is 36.9 Å². The molecule has 9 nitrogen and oxygen atoms in total. The van der Waals surface area contributed by atoms with E-state index in [0.717, 1.165) is 54.1 Å². The number of nitrogens with zero attached hydrogens (tertiary/aromatic N) is 5. The van der Waals surface area contributed by atoms with Crippen molar-refractivity contribution in [2.75, 3.05) is 37.7 Å². The van der Waals surface area contributed by atoms with Gasteiger partial charge < -0.3 is 24.8 Å². The first-order valence-electron chi connectivity index (χ1n) is 17.3. The number of ether oxygens (including phenoxy) is 2. The molecule has 48 heavy (non-hydrogen) atoms. The fourth-order valence-electron chi connectivity index (χ4n) is 9.19. The Hall–Kier alpha value is -4.09. The number of piperazine rings is 1. The van der Waals surface area contributed by atoms with E-state index < -0.39 is 12.0 Å². The van der Waals surface area contributed by atoms with Crippen molar-refractivity contribution in [3.63, 3.8) is 0 Å². The number of hydrogen-bond acceptors (Lipinski definition) is 9. The summed E-state index contributed by atoms with van der Waals surface area (Å²) in [6.45, 7) is 9.03. The second-order valence-electron chi connectivity index (χ2n) is 14.2. The van der Waals surface area contributed by atoms with Gasteiger partial charge in [0.05, 0.1) is 12.6 Å². The Bertz CT molecular complexity index is 1970. The van der Waals surface area contributed by atoms with Gasteiger partial charge in [-0.2, -0.15) is 9.97 Å². The first-order chi connectivity index (χ1) is 23.3. The first-order valence-corrected chi connectivity index (χ1v) is 17.3. The van der Waals surface area contributed by atoms with E-state index in [4.69, 9.17) is 24.4 Å². The van der Waals surface area contributed by atoms with Gasteiger partial charge in [-0.3, -0.25) is 4.90 Å². The Balaban J connectivity index is 1.20. The molecule has 2 aromatic carbocycles. The Morgan fingerprint density at radius 3 is 2.96 bits per heavy atom. The number of alkyl halides is 1. The van der Waals surface area contributed by atoms with E-state index >= 15 is 4.39 Å². The molecular weight excluding hydrogens is 614 g/mol. The number of pyridine rings is 1. The fraction of sp³-hybridized carbons (Fsp3) is 0.486. The molecule has 5 aliphatic heterocycles. The highest BCUT2D eigenvalue weighted by molar-refractivity contribution is 6.06. The average Bonchev–Trinajstić information content (AvgIpc) is 3.71. The highest BCUT2D eigenvalue weighted by atomic mass is 19.1. The molecule has 4 fully saturated rings. The summed E-state index contributed by atoms with van der Waals surface area (Å²) >= 11 is 0. The highest BCUT2D eigenvalue weighted by Crippen LogP contribution is 2.46. The van der Waals surface area contributed by atoms with Crippen LogP contribution in [0.1, 0.15) is 57.4 Å². The molecule has 0 unspecified atom stereocenters.